The number of amides is 2. The Labute approximate surface area is 154 Å². The molecule has 0 aromatic heterocycles. The fourth-order valence-corrected chi connectivity index (χ4v) is 2.14. The first kappa shape index (κ1) is 19.6. The number of non-ortho nitro benzene ring substituents is 1. The molecule has 0 unspecified atom stereocenters. The normalized spacial score (nSPS) is 9.96. The average Bonchev–Trinajstić information content (AvgIpc) is 2.64. The monoisotopic (exact) mass is 371 g/mol. The topological polar surface area (TPSA) is 128 Å². The van der Waals surface area contributed by atoms with Gasteiger partial charge in [0.1, 0.15) is 13.2 Å². The van der Waals surface area contributed by atoms with E-state index in [-0.39, 0.29) is 24.7 Å². The van der Waals surface area contributed by atoms with E-state index in [2.05, 4.69) is 10.6 Å². The van der Waals surface area contributed by atoms with Crippen LogP contribution in [0.15, 0.2) is 48.5 Å². The third-order valence-electron chi connectivity index (χ3n) is 3.38. The second-order valence-electron chi connectivity index (χ2n) is 5.53. The van der Waals surface area contributed by atoms with E-state index in [4.69, 9.17) is 4.74 Å². The third kappa shape index (κ3) is 6.24. The number of nitro benzene ring substituents is 1. The van der Waals surface area contributed by atoms with Gasteiger partial charge in [-0.05, 0) is 29.8 Å². The summed E-state index contributed by atoms with van der Waals surface area (Å²) in [6.45, 7) is 0.892. The molecule has 9 nitrogen and oxygen atoms in total. The summed E-state index contributed by atoms with van der Waals surface area (Å²) in [5, 5.41) is 15.7. The number of hydrogen-bond donors (Lipinski definition) is 2. The SMILES string of the molecule is CC(=O)Nc1ccc(C(=O)NCC(=O)OCc2cccc([N+](=O)[O-])c2)cc1. The van der Waals surface area contributed by atoms with E-state index in [0.717, 1.165) is 0 Å². The minimum atomic E-state index is -0.676. The number of carbonyl (C=O) groups is 3. The summed E-state index contributed by atoms with van der Waals surface area (Å²) in [6.07, 6.45) is 0. The van der Waals surface area contributed by atoms with Crippen molar-refractivity contribution in [3.8, 4) is 0 Å². The molecule has 0 bridgehead atoms. The lowest BCUT2D eigenvalue weighted by Crippen LogP contribution is -2.30. The van der Waals surface area contributed by atoms with Crippen molar-refractivity contribution < 1.29 is 24.0 Å². The van der Waals surface area contributed by atoms with Crippen LogP contribution in [0, 0.1) is 10.1 Å². The molecule has 0 saturated carbocycles. The lowest BCUT2D eigenvalue weighted by atomic mass is 10.2. The van der Waals surface area contributed by atoms with Gasteiger partial charge in [-0.25, -0.2) is 0 Å². The zero-order chi connectivity index (χ0) is 19.8. The Hall–Kier alpha value is -3.75. The number of rotatable bonds is 7. The van der Waals surface area contributed by atoms with E-state index >= 15 is 0 Å². The standard InChI is InChI=1S/C18H17N3O6/c1-12(22)20-15-7-5-14(6-8-15)18(24)19-10-17(23)27-11-13-3-2-4-16(9-13)21(25)26/h2-9H,10-11H2,1H3,(H,19,24)(H,20,22). The van der Waals surface area contributed by atoms with Crippen molar-refractivity contribution in [3.05, 3.63) is 69.8 Å². The van der Waals surface area contributed by atoms with Gasteiger partial charge in [0.2, 0.25) is 5.91 Å². The Balaban J connectivity index is 1.81. The van der Waals surface area contributed by atoms with Crippen LogP contribution in [0.3, 0.4) is 0 Å². The fourth-order valence-electron chi connectivity index (χ4n) is 2.14. The second kappa shape index (κ2) is 9.09. The maximum Gasteiger partial charge on any atom is 0.325 e. The van der Waals surface area contributed by atoms with Gasteiger partial charge in [-0.3, -0.25) is 24.5 Å². The van der Waals surface area contributed by atoms with Gasteiger partial charge in [0, 0.05) is 30.3 Å². The van der Waals surface area contributed by atoms with E-state index in [1.807, 2.05) is 0 Å². The van der Waals surface area contributed by atoms with Crippen LogP contribution in [0.25, 0.3) is 0 Å². The van der Waals surface area contributed by atoms with Crippen molar-refractivity contribution in [2.45, 2.75) is 13.5 Å². The van der Waals surface area contributed by atoms with E-state index < -0.39 is 16.8 Å². The van der Waals surface area contributed by atoms with Crippen molar-refractivity contribution in [2.75, 3.05) is 11.9 Å². The minimum absolute atomic E-state index is 0.0976. The average molecular weight is 371 g/mol. The second-order valence-corrected chi connectivity index (χ2v) is 5.53. The molecule has 9 heteroatoms. The Morgan fingerprint density at radius 1 is 1.11 bits per heavy atom. The number of nitrogens with zero attached hydrogens (tertiary/aromatic N) is 1. The summed E-state index contributed by atoms with van der Waals surface area (Å²) < 4.78 is 4.99. The Bertz CT molecular complexity index is 864. The number of esters is 1. The molecule has 0 spiro atoms. The number of anilines is 1. The van der Waals surface area contributed by atoms with Crippen LogP contribution in [0.4, 0.5) is 11.4 Å². The van der Waals surface area contributed by atoms with Gasteiger partial charge < -0.3 is 15.4 Å². The number of carbonyl (C=O) groups excluding carboxylic acids is 3. The molecule has 0 heterocycles. The minimum Gasteiger partial charge on any atom is -0.459 e. The van der Waals surface area contributed by atoms with Crippen LogP contribution >= 0.6 is 0 Å². The molecule has 2 amide bonds. The molecule has 0 aliphatic rings. The summed E-state index contributed by atoms with van der Waals surface area (Å²) in [6, 6.07) is 11.9. The van der Waals surface area contributed by atoms with Gasteiger partial charge in [0.05, 0.1) is 4.92 Å². The predicted octanol–water partition coefficient (Wildman–Crippen LogP) is 2.03. The van der Waals surface area contributed by atoms with Crippen LogP contribution in [-0.2, 0) is 20.9 Å². The predicted molar refractivity (Wildman–Crippen MR) is 96.0 cm³/mol. The molecule has 0 atom stereocenters. The summed E-state index contributed by atoms with van der Waals surface area (Å²) in [5.41, 5.74) is 1.24. The summed E-state index contributed by atoms with van der Waals surface area (Å²) in [7, 11) is 0. The van der Waals surface area contributed by atoms with Gasteiger partial charge in [-0.1, -0.05) is 12.1 Å². The molecule has 0 aliphatic carbocycles. The molecule has 27 heavy (non-hydrogen) atoms. The number of nitro groups is 1. The largest absolute Gasteiger partial charge is 0.459 e. The van der Waals surface area contributed by atoms with E-state index in [9.17, 15) is 24.5 Å². The van der Waals surface area contributed by atoms with Gasteiger partial charge in [0.25, 0.3) is 11.6 Å². The summed E-state index contributed by atoms with van der Waals surface area (Å²) in [5.74, 6) is -1.37. The number of ether oxygens (including phenoxy) is 1. The number of hydrogen-bond acceptors (Lipinski definition) is 6. The van der Waals surface area contributed by atoms with Gasteiger partial charge in [0.15, 0.2) is 0 Å². The van der Waals surface area contributed by atoms with Crippen LogP contribution in [0.2, 0.25) is 0 Å². The Kier molecular flexibility index (Phi) is 6.59. The van der Waals surface area contributed by atoms with Gasteiger partial charge >= 0.3 is 5.97 Å². The molecule has 0 saturated heterocycles. The van der Waals surface area contributed by atoms with Crippen molar-refractivity contribution in [2.24, 2.45) is 0 Å². The van der Waals surface area contributed by atoms with Crippen LogP contribution in [-0.4, -0.2) is 29.3 Å². The molecular weight excluding hydrogens is 354 g/mol. The molecule has 0 aliphatic heterocycles. The fraction of sp³-hybridized carbons (Fsp3) is 0.167. The van der Waals surface area contributed by atoms with Gasteiger partial charge in [-0.15, -0.1) is 0 Å². The molecule has 0 radical (unpaired) electrons. The smallest absolute Gasteiger partial charge is 0.325 e. The molecular formula is C18H17N3O6. The summed E-state index contributed by atoms with van der Waals surface area (Å²) >= 11 is 0. The maximum atomic E-state index is 12.0. The van der Waals surface area contributed by atoms with Gasteiger partial charge in [-0.2, -0.15) is 0 Å². The highest BCUT2D eigenvalue weighted by molar-refractivity contribution is 5.96. The molecule has 2 rings (SSSR count). The van der Waals surface area contributed by atoms with Crippen molar-refractivity contribution >= 4 is 29.2 Å². The highest BCUT2D eigenvalue weighted by Gasteiger charge is 2.11. The van der Waals surface area contributed by atoms with Crippen LogP contribution in [0.5, 0.6) is 0 Å². The molecule has 140 valence electrons. The quantitative estimate of drug-likeness (QED) is 0.435. The van der Waals surface area contributed by atoms with E-state index in [0.29, 0.717) is 16.8 Å². The van der Waals surface area contributed by atoms with E-state index in [1.165, 1.54) is 37.3 Å². The zero-order valence-corrected chi connectivity index (χ0v) is 14.4. The first-order chi connectivity index (χ1) is 12.8. The first-order valence-electron chi connectivity index (χ1n) is 7.90. The highest BCUT2D eigenvalue weighted by atomic mass is 16.6. The van der Waals surface area contributed by atoms with E-state index in [1.54, 1.807) is 18.2 Å². The van der Waals surface area contributed by atoms with Crippen molar-refractivity contribution in [1.82, 2.24) is 5.32 Å². The lowest BCUT2D eigenvalue weighted by Gasteiger charge is -2.07. The number of nitrogens with one attached hydrogen (secondary N) is 2. The number of benzene rings is 2. The van der Waals surface area contributed by atoms with Crippen LogP contribution < -0.4 is 10.6 Å². The Morgan fingerprint density at radius 2 is 1.81 bits per heavy atom. The lowest BCUT2D eigenvalue weighted by molar-refractivity contribution is -0.384. The summed E-state index contributed by atoms with van der Waals surface area (Å²) in [4.78, 5) is 44.8. The van der Waals surface area contributed by atoms with Crippen molar-refractivity contribution in [1.29, 1.82) is 0 Å². The Morgan fingerprint density at radius 3 is 2.44 bits per heavy atom. The zero-order valence-electron chi connectivity index (χ0n) is 14.4. The maximum absolute atomic E-state index is 12.0. The first-order valence-corrected chi connectivity index (χ1v) is 7.90. The van der Waals surface area contributed by atoms with Crippen molar-refractivity contribution in [3.63, 3.8) is 0 Å². The third-order valence-corrected chi connectivity index (χ3v) is 3.38. The molecule has 2 N–H and O–H groups in total. The molecule has 2 aromatic rings. The highest BCUT2D eigenvalue weighted by Crippen LogP contribution is 2.14. The molecule has 2 aromatic carbocycles. The van der Waals surface area contributed by atoms with Crippen LogP contribution in [0.1, 0.15) is 22.8 Å². The molecule has 0 fully saturated rings.